The second-order valence-electron chi connectivity index (χ2n) is 2.98. The molecule has 2 atom stereocenters. The molecular weight excluding hydrogens is 156 g/mol. The molecule has 0 bridgehead atoms. The lowest BCUT2D eigenvalue weighted by molar-refractivity contribution is 0.175. The fraction of sp³-hybridized carbons (Fsp3) is 0.333. The van der Waals surface area contributed by atoms with Gasteiger partial charge >= 0.3 is 0 Å². The van der Waals surface area contributed by atoms with Crippen LogP contribution in [0.2, 0.25) is 0 Å². The van der Waals surface area contributed by atoms with Gasteiger partial charge in [-0.3, -0.25) is 4.74 Å². The first kappa shape index (κ1) is 6.46. The Hall–Kier alpha value is -1.06. The van der Waals surface area contributed by atoms with Crippen LogP contribution in [-0.4, -0.2) is 18.7 Å². The number of epoxide rings is 2. The summed E-state index contributed by atoms with van der Waals surface area (Å²) in [5.41, 5.74) is 0. The van der Waals surface area contributed by atoms with Crippen molar-refractivity contribution in [1.29, 1.82) is 0 Å². The van der Waals surface area contributed by atoms with Gasteiger partial charge in [0.2, 0.25) is 0 Å². The maximum Gasteiger partial charge on any atom is 0.260 e. The first-order valence-corrected chi connectivity index (χ1v) is 3.93. The Bertz CT molecular complexity index is 292. The van der Waals surface area contributed by atoms with Crippen LogP contribution in [-0.2, 0) is 9.47 Å². The minimum Gasteiger partial charge on any atom is -0.459 e. The van der Waals surface area contributed by atoms with Crippen molar-refractivity contribution in [3.05, 3.63) is 30.3 Å². The number of rotatable bonds is 2. The van der Waals surface area contributed by atoms with E-state index in [0.717, 1.165) is 5.75 Å². The van der Waals surface area contributed by atoms with Gasteiger partial charge in [0.1, 0.15) is 12.4 Å². The van der Waals surface area contributed by atoms with Crippen LogP contribution in [0.25, 0.3) is 0 Å². The second kappa shape index (κ2) is 2.00. The molecule has 0 saturated carbocycles. The lowest BCUT2D eigenvalue weighted by Crippen LogP contribution is -2.03. The molecule has 2 saturated heterocycles. The van der Waals surface area contributed by atoms with Gasteiger partial charge in [-0.25, -0.2) is 0 Å². The molecule has 62 valence electrons. The van der Waals surface area contributed by atoms with E-state index in [2.05, 4.69) is 0 Å². The Morgan fingerprint density at radius 1 is 1.33 bits per heavy atom. The van der Waals surface area contributed by atoms with Gasteiger partial charge in [0.15, 0.2) is 0 Å². The monoisotopic (exact) mass is 164 g/mol. The van der Waals surface area contributed by atoms with Crippen molar-refractivity contribution in [2.24, 2.45) is 0 Å². The molecule has 1 aromatic carbocycles. The van der Waals surface area contributed by atoms with Crippen molar-refractivity contribution in [2.75, 3.05) is 6.61 Å². The second-order valence-corrected chi connectivity index (χ2v) is 2.98. The lowest BCUT2D eigenvalue weighted by atomic mass is 10.3. The lowest BCUT2D eigenvalue weighted by Gasteiger charge is -1.99. The van der Waals surface area contributed by atoms with E-state index >= 15 is 0 Å². The van der Waals surface area contributed by atoms with Gasteiger partial charge in [0.25, 0.3) is 12.1 Å². The molecule has 1 spiro atoms. The summed E-state index contributed by atoms with van der Waals surface area (Å²) in [5.74, 6) is 0.477. The number of benzene rings is 1. The first-order chi connectivity index (χ1) is 5.89. The number of para-hydroxylation sites is 1. The Kier molecular flexibility index (Phi) is 1.07. The van der Waals surface area contributed by atoms with Crippen molar-refractivity contribution < 1.29 is 14.2 Å². The minimum atomic E-state index is -0.351. The summed E-state index contributed by atoms with van der Waals surface area (Å²) in [6.45, 7) is 0.671. The van der Waals surface area contributed by atoms with Crippen LogP contribution < -0.4 is 4.74 Å². The molecule has 2 aliphatic rings. The molecule has 2 heterocycles. The third-order valence-electron chi connectivity index (χ3n) is 2.02. The molecule has 3 rings (SSSR count). The fourth-order valence-electron chi connectivity index (χ4n) is 1.16. The summed E-state index contributed by atoms with van der Waals surface area (Å²) in [6, 6.07) is 9.61. The van der Waals surface area contributed by atoms with Gasteiger partial charge in [0.05, 0.1) is 0 Å². The zero-order valence-corrected chi connectivity index (χ0v) is 6.40. The number of hydrogen-bond donors (Lipinski definition) is 0. The molecular formula is C9H8O3. The van der Waals surface area contributed by atoms with Crippen LogP contribution in [0, 0.1) is 0 Å². The van der Waals surface area contributed by atoms with Crippen molar-refractivity contribution in [2.45, 2.75) is 12.1 Å². The number of hydrogen-bond acceptors (Lipinski definition) is 3. The van der Waals surface area contributed by atoms with Crippen molar-refractivity contribution in [1.82, 2.24) is 0 Å². The highest BCUT2D eigenvalue weighted by atomic mass is 16.9. The van der Waals surface area contributed by atoms with Crippen LogP contribution in [0.4, 0.5) is 0 Å². The van der Waals surface area contributed by atoms with E-state index in [9.17, 15) is 0 Å². The molecule has 3 heteroatoms. The first-order valence-electron chi connectivity index (χ1n) is 3.93. The molecule has 0 amide bonds. The van der Waals surface area contributed by atoms with Gasteiger partial charge in [-0.15, -0.1) is 0 Å². The molecule has 0 aliphatic carbocycles. The van der Waals surface area contributed by atoms with Gasteiger partial charge in [-0.2, -0.15) is 0 Å². The van der Waals surface area contributed by atoms with Crippen molar-refractivity contribution in [3.63, 3.8) is 0 Å². The largest absolute Gasteiger partial charge is 0.459 e. The van der Waals surface area contributed by atoms with Gasteiger partial charge in [0, 0.05) is 0 Å². The average molecular weight is 164 g/mol. The molecule has 0 N–H and O–H groups in total. The summed E-state index contributed by atoms with van der Waals surface area (Å²) in [7, 11) is 0. The van der Waals surface area contributed by atoms with E-state index in [-0.39, 0.29) is 12.1 Å². The maximum atomic E-state index is 5.46. The average Bonchev–Trinajstić information content (AvgIpc) is 2.98. The normalized spacial score (nSPS) is 36.5. The summed E-state index contributed by atoms with van der Waals surface area (Å²) in [6.07, 6.45) is -0.181. The summed E-state index contributed by atoms with van der Waals surface area (Å²) < 4.78 is 15.7. The van der Waals surface area contributed by atoms with Gasteiger partial charge < -0.3 is 9.47 Å². The van der Waals surface area contributed by atoms with Crippen LogP contribution in [0.15, 0.2) is 30.3 Å². The predicted octanol–water partition coefficient (Wildman–Crippen LogP) is 1.15. The van der Waals surface area contributed by atoms with Crippen LogP contribution in [0.3, 0.4) is 0 Å². The Balaban J connectivity index is 1.69. The highest BCUT2D eigenvalue weighted by molar-refractivity contribution is 5.22. The summed E-state index contributed by atoms with van der Waals surface area (Å²) in [5, 5.41) is 0. The zero-order chi connectivity index (χ0) is 8.02. The highest BCUT2D eigenvalue weighted by Crippen LogP contribution is 2.49. The molecule has 0 radical (unpaired) electrons. The molecule has 0 aromatic heterocycles. The molecule has 3 nitrogen and oxygen atoms in total. The highest BCUT2D eigenvalue weighted by Gasteiger charge is 2.71. The molecule has 12 heavy (non-hydrogen) atoms. The quantitative estimate of drug-likeness (QED) is 0.615. The van der Waals surface area contributed by atoms with Crippen molar-refractivity contribution in [3.8, 4) is 5.75 Å². The topological polar surface area (TPSA) is 34.3 Å². The maximum absolute atomic E-state index is 5.46. The summed E-state index contributed by atoms with van der Waals surface area (Å²) >= 11 is 0. The Morgan fingerprint density at radius 3 is 2.67 bits per heavy atom. The van der Waals surface area contributed by atoms with Gasteiger partial charge in [-0.1, -0.05) is 18.2 Å². The smallest absolute Gasteiger partial charge is 0.260 e. The molecule has 2 aliphatic heterocycles. The van der Waals surface area contributed by atoms with E-state index in [1.54, 1.807) is 0 Å². The van der Waals surface area contributed by atoms with E-state index in [4.69, 9.17) is 14.2 Å². The molecule has 2 fully saturated rings. The SMILES string of the molecule is c1ccc(OC2OC23CO3)cc1. The number of ether oxygens (including phenoxy) is 3. The minimum absolute atomic E-state index is 0.181. The molecule has 2 unspecified atom stereocenters. The molecule has 1 aromatic rings. The van der Waals surface area contributed by atoms with E-state index in [1.165, 1.54) is 0 Å². The van der Waals surface area contributed by atoms with Crippen LogP contribution in [0.1, 0.15) is 0 Å². The van der Waals surface area contributed by atoms with Crippen molar-refractivity contribution >= 4 is 0 Å². The predicted molar refractivity (Wildman–Crippen MR) is 40.6 cm³/mol. The van der Waals surface area contributed by atoms with E-state index < -0.39 is 0 Å². The third kappa shape index (κ3) is 0.906. The van der Waals surface area contributed by atoms with Gasteiger partial charge in [-0.05, 0) is 12.1 Å². The Labute approximate surface area is 69.9 Å². The standard InChI is InChI=1S/C9H8O3/c1-2-4-7(5-3-1)11-8-9(12-8)6-10-9/h1-5,8H,6H2. The van der Waals surface area contributed by atoms with E-state index in [1.807, 2.05) is 30.3 Å². The van der Waals surface area contributed by atoms with Crippen LogP contribution >= 0.6 is 0 Å². The summed E-state index contributed by atoms with van der Waals surface area (Å²) in [4.78, 5) is 0. The van der Waals surface area contributed by atoms with Crippen LogP contribution in [0.5, 0.6) is 5.75 Å². The van der Waals surface area contributed by atoms with E-state index in [0.29, 0.717) is 6.61 Å². The third-order valence-corrected chi connectivity index (χ3v) is 2.02. The zero-order valence-electron chi connectivity index (χ0n) is 6.40. The Morgan fingerprint density at radius 2 is 2.08 bits per heavy atom. The fourth-order valence-corrected chi connectivity index (χ4v) is 1.16.